The van der Waals surface area contributed by atoms with Crippen LogP contribution >= 0.6 is 0 Å². The molecule has 0 atom stereocenters. The van der Waals surface area contributed by atoms with Gasteiger partial charge in [0, 0.05) is 31.6 Å². The number of aromatic nitrogens is 1. The van der Waals surface area contributed by atoms with Crippen LogP contribution < -0.4 is 5.32 Å². The van der Waals surface area contributed by atoms with Gasteiger partial charge in [-0.3, -0.25) is 9.78 Å². The Kier molecular flexibility index (Phi) is 5.06. The molecule has 0 bridgehead atoms. The quantitative estimate of drug-likeness (QED) is 0.859. The van der Waals surface area contributed by atoms with Crippen molar-refractivity contribution in [1.82, 2.24) is 10.3 Å². The molecule has 1 aromatic heterocycles. The van der Waals surface area contributed by atoms with Gasteiger partial charge in [0.25, 0.3) is 5.91 Å². The zero-order valence-electron chi connectivity index (χ0n) is 12.6. The van der Waals surface area contributed by atoms with E-state index >= 15 is 0 Å². The minimum atomic E-state index is -0.133. The zero-order chi connectivity index (χ0) is 15.2. The van der Waals surface area contributed by atoms with E-state index in [2.05, 4.69) is 42.3 Å². The minimum absolute atomic E-state index is 0.133. The molecular formula is C17H20N2O2. The summed E-state index contributed by atoms with van der Waals surface area (Å²) < 4.78 is 4.92. The number of pyridine rings is 1. The van der Waals surface area contributed by atoms with Crippen molar-refractivity contribution >= 4 is 5.91 Å². The van der Waals surface area contributed by atoms with Gasteiger partial charge in [0.1, 0.15) is 0 Å². The number of benzene rings is 1. The number of hydrogen-bond acceptors (Lipinski definition) is 3. The van der Waals surface area contributed by atoms with Crippen molar-refractivity contribution in [2.24, 2.45) is 0 Å². The van der Waals surface area contributed by atoms with Gasteiger partial charge in [0.15, 0.2) is 0 Å². The van der Waals surface area contributed by atoms with Gasteiger partial charge < -0.3 is 10.1 Å². The van der Waals surface area contributed by atoms with Crippen molar-refractivity contribution in [1.29, 1.82) is 0 Å². The maximum atomic E-state index is 12.0. The smallest absolute Gasteiger partial charge is 0.252 e. The minimum Gasteiger partial charge on any atom is -0.383 e. The van der Waals surface area contributed by atoms with Crippen LogP contribution in [0.2, 0.25) is 0 Å². The molecule has 0 fully saturated rings. The lowest BCUT2D eigenvalue weighted by molar-refractivity contribution is 0.0937. The summed E-state index contributed by atoms with van der Waals surface area (Å²) in [5.74, 6) is -0.133. The van der Waals surface area contributed by atoms with Crippen LogP contribution in [0, 0.1) is 13.8 Å². The Balaban J connectivity index is 2.25. The molecule has 1 heterocycles. The van der Waals surface area contributed by atoms with Gasteiger partial charge in [-0.05, 0) is 31.0 Å². The van der Waals surface area contributed by atoms with Crippen LogP contribution in [-0.2, 0) is 4.74 Å². The van der Waals surface area contributed by atoms with Crippen LogP contribution in [0.3, 0.4) is 0 Å². The molecule has 0 unspecified atom stereocenters. The predicted molar refractivity (Wildman–Crippen MR) is 83.4 cm³/mol. The van der Waals surface area contributed by atoms with Crippen LogP contribution in [0.1, 0.15) is 21.5 Å². The summed E-state index contributed by atoms with van der Waals surface area (Å²) in [6.07, 6.45) is 3.37. The summed E-state index contributed by atoms with van der Waals surface area (Å²) in [6.45, 7) is 5.09. The topological polar surface area (TPSA) is 51.2 Å². The van der Waals surface area contributed by atoms with Crippen molar-refractivity contribution in [3.8, 4) is 11.1 Å². The standard InChI is InChI=1S/C17H20N2O2/c1-12-4-5-13(2)16(8-12)14-9-15(11-18-10-14)17(20)19-6-7-21-3/h4-5,8-11H,6-7H2,1-3H3,(H,19,20). The van der Waals surface area contributed by atoms with Crippen LogP contribution in [0.15, 0.2) is 36.7 Å². The number of carbonyl (C=O) groups excluding carboxylic acids is 1. The zero-order valence-corrected chi connectivity index (χ0v) is 12.6. The molecule has 0 saturated carbocycles. The van der Waals surface area contributed by atoms with E-state index < -0.39 is 0 Å². The van der Waals surface area contributed by atoms with Crippen LogP contribution in [0.5, 0.6) is 0 Å². The summed E-state index contributed by atoms with van der Waals surface area (Å²) in [6, 6.07) is 8.14. The first kappa shape index (κ1) is 15.2. The van der Waals surface area contributed by atoms with Gasteiger partial charge in [0.2, 0.25) is 0 Å². The van der Waals surface area contributed by atoms with E-state index in [4.69, 9.17) is 4.74 Å². The summed E-state index contributed by atoms with van der Waals surface area (Å²) in [4.78, 5) is 16.2. The average Bonchev–Trinajstić information content (AvgIpc) is 2.50. The highest BCUT2D eigenvalue weighted by molar-refractivity contribution is 5.95. The fraction of sp³-hybridized carbons (Fsp3) is 0.294. The third-order valence-electron chi connectivity index (χ3n) is 3.30. The van der Waals surface area contributed by atoms with Gasteiger partial charge in [-0.2, -0.15) is 0 Å². The predicted octanol–water partition coefficient (Wildman–Crippen LogP) is 2.74. The molecule has 0 aliphatic rings. The number of nitrogens with zero attached hydrogens (tertiary/aromatic N) is 1. The Morgan fingerprint density at radius 1 is 1.24 bits per heavy atom. The second-order valence-electron chi connectivity index (χ2n) is 5.03. The lowest BCUT2D eigenvalue weighted by Crippen LogP contribution is -2.27. The number of hydrogen-bond donors (Lipinski definition) is 1. The molecular weight excluding hydrogens is 264 g/mol. The highest BCUT2D eigenvalue weighted by Gasteiger charge is 2.09. The highest BCUT2D eigenvalue weighted by Crippen LogP contribution is 2.24. The maximum absolute atomic E-state index is 12.0. The van der Waals surface area contributed by atoms with Gasteiger partial charge in [-0.25, -0.2) is 0 Å². The Labute approximate surface area is 125 Å². The lowest BCUT2D eigenvalue weighted by atomic mass is 9.99. The van der Waals surface area contributed by atoms with Crippen molar-refractivity contribution in [2.75, 3.05) is 20.3 Å². The van der Waals surface area contributed by atoms with E-state index in [0.29, 0.717) is 18.7 Å². The number of aryl methyl sites for hydroxylation is 2. The number of carbonyl (C=O) groups is 1. The number of ether oxygens (including phenoxy) is 1. The third-order valence-corrected chi connectivity index (χ3v) is 3.30. The fourth-order valence-corrected chi connectivity index (χ4v) is 2.13. The number of rotatable bonds is 5. The molecule has 1 amide bonds. The third kappa shape index (κ3) is 3.89. The van der Waals surface area contributed by atoms with Gasteiger partial charge >= 0.3 is 0 Å². The number of nitrogens with one attached hydrogen (secondary N) is 1. The van der Waals surface area contributed by atoms with Crippen molar-refractivity contribution in [2.45, 2.75) is 13.8 Å². The monoisotopic (exact) mass is 284 g/mol. The Morgan fingerprint density at radius 3 is 2.81 bits per heavy atom. The summed E-state index contributed by atoms with van der Waals surface area (Å²) >= 11 is 0. The van der Waals surface area contributed by atoms with Crippen molar-refractivity contribution in [3.05, 3.63) is 53.3 Å². The van der Waals surface area contributed by atoms with Crippen LogP contribution in [-0.4, -0.2) is 31.2 Å². The molecule has 2 aromatic rings. The Hall–Kier alpha value is -2.20. The van der Waals surface area contributed by atoms with E-state index in [-0.39, 0.29) is 5.91 Å². The molecule has 0 spiro atoms. The SMILES string of the molecule is COCCNC(=O)c1cncc(-c2cc(C)ccc2C)c1. The van der Waals surface area contributed by atoms with E-state index in [1.54, 1.807) is 19.5 Å². The van der Waals surface area contributed by atoms with Crippen LogP contribution in [0.25, 0.3) is 11.1 Å². The molecule has 4 nitrogen and oxygen atoms in total. The first-order valence-corrected chi connectivity index (χ1v) is 6.91. The molecule has 0 aliphatic carbocycles. The van der Waals surface area contributed by atoms with Crippen molar-refractivity contribution < 1.29 is 9.53 Å². The molecule has 110 valence electrons. The first-order valence-electron chi connectivity index (χ1n) is 6.91. The molecule has 0 radical (unpaired) electrons. The second-order valence-corrected chi connectivity index (χ2v) is 5.03. The lowest BCUT2D eigenvalue weighted by Gasteiger charge is -2.09. The first-order chi connectivity index (χ1) is 10.1. The second kappa shape index (κ2) is 6.99. The summed E-state index contributed by atoms with van der Waals surface area (Å²) in [5.41, 5.74) is 4.97. The van der Waals surface area contributed by atoms with Gasteiger partial charge in [0.05, 0.1) is 12.2 Å². The van der Waals surface area contributed by atoms with E-state index in [1.165, 1.54) is 11.1 Å². The largest absolute Gasteiger partial charge is 0.383 e. The van der Waals surface area contributed by atoms with Gasteiger partial charge in [-0.1, -0.05) is 23.8 Å². The molecule has 0 saturated heterocycles. The fourth-order valence-electron chi connectivity index (χ4n) is 2.13. The Bertz CT molecular complexity index is 638. The molecule has 1 N–H and O–H groups in total. The van der Waals surface area contributed by atoms with E-state index in [1.807, 2.05) is 6.07 Å². The number of amides is 1. The molecule has 2 rings (SSSR count). The number of methoxy groups -OCH3 is 1. The van der Waals surface area contributed by atoms with Crippen LogP contribution in [0.4, 0.5) is 0 Å². The van der Waals surface area contributed by atoms with E-state index in [0.717, 1.165) is 11.1 Å². The molecule has 1 aromatic carbocycles. The van der Waals surface area contributed by atoms with E-state index in [9.17, 15) is 4.79 Å². The van der Waals surface area contributed by atoms with Gasteiger partial charge in [-0.15, -0.1) is 0 Å². The average molecular weight is 284 g/mol. The summed E-state index contributed by atoms with van der Waals surface area (Å²) in [7, 11) is 1.61. The maximum Gasteiger partial charge on any atom is 0.252 e. The highest BCUT2D eigenvalue weighted by atomic mass is 16.5. The van der Waals surface area contributed by atoms with Crippen molar-refractivity contribution in [3.63, 3.8) is 0 Å². The molecule has 4 heteroatoms. The molecule has 21 heavy (non-hydrogen) atoms. The molecule has 0 aliphatic heterocycles. The normalized spacial score (nSPS) is 10.4. The summed E-state index contributed by atoms with van der Waals surface area (Å²) in [5, 5.41) is 2.80. The Morgan fingerprint density at radius 2 is 2.05 bits per heavy atom.